The minimum Gasteiger partial charge on any atom is -0.481 e. The first-order chi connectivity index (χ1) is 11.9. The third-order valence-corrected chi connectivity index (χ3v) is 4.10. The Hall–Kier alpha value is -2.95. The zero-order valence-corrected chi connectivity index (χ0v) is 14.0. The second-order valence-electron chi connectivity index (χ2n) is 4.91. The Labute approximate surface area is 146 Å². The van der Waals surface area contributed by atoms with Crippen molar-refractivity contribution < 1.29 is 19.6 Å². The molecule has 0 aliphatic rings. The van der Waals surface area contributed by atoms with E-state index in [1.807, 2.05) is 0 Å². The first kappa shape index (κ1) is 18.4. The van der Waals surface area contributed by atoms with Crippen LogP contribution in [0.2, 0.25) is 0 Å². The minimum atomic E-state index is -0.910. The van der Waals surface area contributed by atoms with Gasteiger partial charge in [0.05, 0.1) is 22.1 Å². The number of amides is 1. The van der Waals surface area contributed by atoms with Crippen LogP contribution in [0.15, 0.2) is 24.3 Å². The van der Waals surface area contributed by atoms with E-state index in [0.717, 1.165) is 0 Å². The van der Waals surface area contributed by atoms with Gasteiger partial charge in [-0.2, -0.15) is 0 Å². The molecule has 0 aliphatic carbocycles. The SMILES string of the molecule is Cc1c(C(=O)NCCSCC(=O)O)nnn1-c1cccc([N+](=O)[O-])c1. The van der Waals surface area contributed by atoms with Crippen molar-refractivity contribution in [2.24, 2.45) is 0 Å². The molecule has 2 aromatic rings. The zero-order chi connectivity index (χ0) is 18.4. The number of non-ortho nitro benzene ring substituents is 1. The number of carbonyl (C=O) groups is 2. The highest BCUT2D eigenvalue weighted by molar-refractivity contribution is 7.99. The Morgan fingerprint density at radius 1 is 1.44 bits per heavy atom. The van der Waals surface area contributed by atoms with Crippen molar-refractivity contribution in [3.8, 4) is 5.69 Å². The smallest absolute Gasteiger partial charge is 0.313 e. The van der Waals surface area contributed by atoms with Gasteiger partial charge in [0.25, 0.3) is 11.6 Å². The van der Waals surface area contributed by atoms with E-state index in [9.17, 15) is 19.7 Å². The van der Waals surface area contributed by atoms with Crippen molar-refractivity contribution in [3.63, 3.8) is 0 Å². The summed E-state index contributed by atoms with van der Waals surface area (Å²) < 4.78 is 1.35. The fourth-order valence-corrected chi connectivity index (χ4v) is 2.57. The summed E-state index contributed by atoms with van der Waals surface area (Å²) in [5.41, 5.74) is 0.884. The van der Waals surface area contributed by atoms with Crippen molar-refractivity contribution in [2.45, 2.75) is 6.92 Å². The van der Waals surface area contributed by atoms with Crippen molar-refractivity contribution in [2.75, 3.05) is 18.1 Å². The van der Waals surface area contributed by atoms with Crippen LogP contribution in [0, 0.1) is 17.0 Å². The Bertz CT molecular complexity index is 807. The molecule has 2 rings (SSSR count). The lowest BCUT2D eigenvalue weighted by molar-refractivity contribution is -0.384. The van der Waals surface area contributed by atoms with Crippen LogP contribution in [-0.2, 0) is 4.79 Å². The lowest BCUT2D eigenvalue weighted by atomic mass is 10.2. The lowest BCUT2D eigenvalue weighted by Crippen LogP contribution is -2.27. The molecule has 0 spiro atoms. The average molecular weight is 365 g/mol. The highest BCUT2D eigenvalue weighted by atomic mass is 32.2. The molecule has 132 valence electrons. The normalized spacial score (nSPS) is 10.4. The Morgan fingerprint density at radius 2 is 2.20 bits per heavy atom. The van der Waals surface area contributed by atoms with E-state index in [4.69, 9.17) is 5.11 Å². The van der Waals surface area contributed by atoms with Crippen LogP contribution in [0.1, 0.15) is 16.2 Å². The fourth-order valence-electron chi connectivity index (χ4n) is 2.00. The van der Waals surface area contributed by atoms with E-state index >= 15 is 0 Å². The summed E-state index contributed by atoms with van der Waals surface area (Å²) in [6, 6.07) is 5.84. The lowest BCUT2D eigenvalue weighted by Gasteiger charge is -2.05. The van der Waals surface area contributed by atoms with E-state index in [1.54, 1.807) is 13.0 Å². The van der Waals surface area contributed by atoms with Gasteiger partial charge in [-0.1, -0.05) is 11.3 Å². The van der Waals surface area contributed by atoms with Crippen LogP contribution in [0.5, 0.6) is 0 Å². The standard InChI is InChI=1S/C14H15N5O5S/c1-9-13(14(22)15-5-6-25-8-12(20)21)16-17-18(9)10-3-2-4-11(7-10)19(23)24/h2-4,7H,5-6,8H2,1H3,(H,15,22)(H,20,21). The number of hydrogen-bond donors (Lipinski definition) is 2. The number of thioether (sulfide) groups is 1. The molecule has 1 heterocycles. The monoisotopic (exact) mass is 365 g/mol. The van der Waals surface area contributed by atoms with Gasteiger partial charge < -0.3 is 10.4 Å². The number of aliphatic carboxylic acids is 1. The number of rotatable bonds is 8. The number of nitrogens with one attached hydrogen (secondary N) is 1. The number of hydrogen-bond acceptors (Lipinski definition) is 7. The molecule has 1 aromatic heterocycles. The molecule has 0 saturated carbocycles. The number of aromatic nitrogens is 3. The van der Waals surface area contributed by atoms with Gasteiger partial charge >= 0.3 is 5.97 Å². The third kappa shape index (κ3) is 4.76. The topological polar surface area (TPSA) is 140 Å². The molecule has 10 nitrogen and oxygen atoms in total. The first-order valence-corrected chi connectivity index (χ1v) is 8.30. The second-order valence-corrected chi connectivity index (χ2v) is 6.02. The van der Waals surface area contributed by atoms with Gasteiger partial charge in [0.1, 0.15) is 0 Å². The van der Waals surface area contributed by atoms with Gasteiger partial charge in [-0.05, 0) is 13.0 Å². The van der Waals surface area contributed by atoms with Crippen LogP contribution in [0.3, 0.4) is 0 Å². The molecule has 0 atom stereocenters. The van der Waals surface area contributed by atoms with Gasteiger partial charge in [0.15, 0.2) is 5.69 Å². The third-order valence-electron chi connectivity index (χ3n) is 3.15. The van der Waals surface area contributed by atoms with Crippen LogP contribution < -0.4 is 5.32 Å². The highest BCUT2D eigenvalue weighted by Gasteiger charge is 2.18. The predicted octanol–water partition coefficient (Wildman–Crippen LogP) is 1.03. The molecule has 2 N–H and O–H groups in total. The average Bonchev–Trinajstić information content (AvgIpc) is 2.95. The fraction of sp³-hybridized carbons (Fsp3) is 0.286. The largest absolute Gasteiger partial charge is 0.481 e. The molecule has 0 aliphatic heterocycles. The highest BCUT2D eigenvalue weighted by Crippen LogP contribution is 2.18. The van der Waals surface area contributed by atoms with Crippen LogP contribution in [0.4, 0.5) is 5.69 Å². The van der Waals surface area contributed by atoms with E-state index in [0.29, 0.717) is 23.7 Å². The van der Waals surface area contributed by atoms with E-state index in [1.165, 1.54) is 34.6 Å². The zero-order valence-electron chi connectivity index (χ0n) is 13.2. The summed E-state index contributed by atoms with van der Waals surface area (Å²) in [6.07, 6.45) is 0. The summed E-state index contributed by atoms with van der Waals surface area (Å²) in [5.74, 6) is -0.925. The van der Waals surface area contributed by atoms with Gasteiger partial charge in [-0.3, -0.25) is 19.7 Å². The van der Waals surface area contributed by atoms with Crippen molar-refractivity contribution in [3.05, 3.63) is 45.8 Å². The van der Waals surface area contributed by atoms with Gasteiger partial charge in [0, 0.05) is 24.4 Å². The number of nitro groups is 1. The predicted molar refractivity (Wildman–Crippen MR) is 90.0 cm³/mol. The molecular formula is C14H15N5O5S. The number of nitro benzene ring substituents is 1. The second kappa shape index (κ2) is 8.24. The Morgan fingerprint density at radius 3 is 2.88 bits per heavy atom. The van der Waals surface area contributed by atoms with E-state index in [-0.39, 0.29) is 17.1 Å². The number of carboxylic acids is 1. The van der Waals surface area contributed by atoms with Crippen LogP contribution in [0.25, 0.3) is 5.69 Å². The van der Waals surface area contributed by atoms with Crippen LogP contribution in [-0.4, -0.2) is 55.0 Å². The van der Waals surface area contributed by atoms with E-state index < -0.39 is 16.8 Å². The Kier molecular flexibility index (Phi) is 6.06. The molecule has 1 amide bonds. The number of nitrogens with zero attached hydrogens (tertiary/aromatic N) is 4. The van der Waals surface area contributed by atoms with Crippen molar-refractivity contribution >= 4 is 29.3 Å². The van der Waals surface area contributed by atoms with Crippen molar-refractivity contribution in [1.29, 1.82) is 0 Å². The minimum absolute atomic E-state index is 0.0299. The molecule has 0 fully saturated rings. The Balaban J connectivity index is 2.05. The molecular weight excluding hydrogens is 350 g/mol. The first-order valence-electron chi connectivity index (χ1n) is 7.15. The summed E-state index contributed by atoms with van der Waals surface area (Å²) in [4.78, 5) is 32.9. The molecule has 25 heavy (non-hydrogen) atoms. The number of carboxylic acid groups (broad SMARTS) is 1. The maximum absolute atomic E-state index is 12.1. The molecule has 0 radical (unpaired) electrons. The molecule has 0 unspecified atom stereocenters. The summed E-state index contributed by atoms with van der Waals surface area (Å²) in [7, 11) is 0. The summed E-state index contributed by atoms with van der Waals surface area (Å²) in [6.45, 7) is 1.92. The van der Waals surface area contributed by atoms with Crippen molar-refractivity contribution in [1.82, 2.24) is 20.3 Å². The molecule has 1 aromatic carbocycles. The summed E-state index contributed by atoms with van der Waals surface area (Å²) >= 11 is 1.19. The molecule has 0 bridgehead atoms. The molecule has 0 saturated heterocycles. The maximum atomic E-state index is 12.1. The van der Waals surface area contributed by atoms with Gasteiger partial charge in [0.2, 0.25) is 0 Å². The van der Waals surface area contributed by atoms with E-state index in [2.05, 4.69) is 15.6 Å². The van der Waals surface area contributed by atoms with Gasteiger partial charge in [-0.15, -0.1) is 16.9 Å². The number of benzene rings is 1. The summed E-state index contributed by atoms with van der Waals surface area (Å²) in [5, 5.41) is 29.7. The molecule has 11 heteroatoms. The van der Waals surface area contributed by atoms with Gasteiger partial charge in [-0.25, -0.2) is 4.68 Å². The number of carbonyl (C=O) groups excluding carboxylic acids is 1. The van der Waals surface area contributed by atoms with Crippen LogP contribution >= 0.6 is 11.8 Å². The maximum Gasteiger partial charge on any atom is 0.313 e. The quantitative estimate of drug-likeness (QED) is 0.401.